The number of anilines is 2. The smallest absolute Gasteiger partial charge is 0.257 e. The van der Waals surface area contributed by atoms with Crippen LogP contribution in [0.2, 0.25) is 5.02 Å². The number of hydrogen-bond donors (Lipinski definition) is 1. The molecule has 1 heterocycles. The summed E-state index contributed by atoms with van der Waals surface area (Å²) in [5, 5.41) is 3.00. The van der Waals surface area contributed by atoms with Gasteiger partial charge in [-0.2, -0.15) is 0 Å². The summed E-state index contributed by atoms with van der Waals surface area (Å²) in [6, 6.07) is 10.2. The summed E-state index contributed by atoms with van der Waals surface area (Å²) in [6.07, 6.45) is 0.126. The number of nitrogens with zero attached hydrogens (tertiary/aromatic N) is 2. The number of fused-ring (bicyclic) bond motifs is 1. The van der Waals surface area contributed by atoms with Crippen LogP contribution >= 0.6 is 11.6 Å². The molecule has 1 aliphatic heterocycles. The highest BCUT2D eigenvalue weighted by atomic mass is 35.5. The van der Waals surface area contributed by atoms with E-state index in [2.05, 4.69) is 5.32 Å². The Morgan fingerprint density at radius 2 is 2.00 bits per heavy atom. The number of carbonyl (C=O) groups excluding carboxylic acids is 3. The first-order chi connectivity index (χ1) is 13.3. The highest BCUT2D eigenvalue weighted by Crippen LogP contribution is 2.31. The molecule has 0 bridgehead atoms. The van der Waals surface area contributed by atoms with Gasteiger partial charge >= 0.3 is 0 Å². The number of amides is 3. The number of rotatable bonds is 3. The van der Waals surface area contributed by atoms with E-state index in [1.807, 2.05) is 0 Å². The average Bonchev–Trinajstić information content (AvgIpc) is 2.77. The summed E-state index contributed by atoms with van der Waals surface area (Å²) in [6.45, 7) is 1.48. The molecule has 1 aliphatic rings. The molecule has 1 N–H and O–H groups in total. The van der Waals surface area contributed by atoms with Gasteiger partial charge in [-0.05, 0) is 37.3 Å². The fourth-order valence-electron chi connectivity index (χ4n) is 3.19. The van der Waals surface area contributed by atoms with Crippen molar-refractivity contribution in [3.8, 4) is 0 Å². The SMILES string of the molecule is CC1CC(=O)Nc2ccccc2N1C(=O)CN(C)C(=O)c1cc(Cl)ccc1F. The second-order valence-electron chi connectivity index (χ2n) is 6.67. The fraction of sp³-hybridized carbons (Fsp3) is 0.250. The van der Waals surface area contributed by atoms with Crippen LogP contribution in [0.15, 0.2) is 42.5 Å². The molecule has 3 rings (SSSR count). The van der Waals surface area contributed by atoms with E-state index in [0.29, 0.717) is 11.4 Å². The molecule has 1 atom stereocenters. The third-order valence-electron chi connectivity index (χ3n) is 4.51. The van der Waals surface area contributed by atoms with Crippen LogP contribution in [0.4, 0.5) is 15.8 Å². The minimum absolute atomic E-state index is 0.126. The maximum absolute atomic E-state index is 14.0. The van der Waals surface area contributed by atoms with Gasteiger partial charge in [-0.25, -0.2) is 4.39 Å². The second-order valence-corrected chi connectivity index (χ2v) is 7.10. The zero-order valence-electron chi connectivity index (χ0n) is 15.4. The molecule has 146 valence electrons. The standard InChI is InChI=1S/C20H19ClFN3O3/c1-12-9-18(26)23-16-5-3-4-6-17(16)25(12)19(27)11-24(2)20(28)14-10-13(21)7-8-15(14)22/h3-8,10,12H,9,11H2,1-2H3,(H,23,26). The molecule has 0 aliphatic carbocycles. The average molecular weight is 404 g/mol. The number of likely N-dealkylation sites (N-methyl/N-ethyl adjacent to an activating group) is 1. The van der Waals surface area contributed by atoms with Gasteiger partial charge in [-0.15, -0.1) is 0 Å². The van der Waals surface area contributed by atoms with Crippen molar-refractivity contribution < 1.29 is 18.8 Å². The third-order valence-corrected chi connectivity index (χ3v) is 4.74. The molecule has 0 saturated carbocycles. The monoisotopic (exact) mass is 403 g/mol. The van der Waals surface area contributed by atoms with E-state index < -0.39 is 17.8 Å². The summed E-state index contributed by atoms with van der Waals surface area (Å²) in [5.74, 6) is -1.94. The second kappa shape index (κ2) is 7.98. The van der Waals surface area contributed by atoms with Crippen LogP contribution < -0.4 is 10.2 Å². The number of halogens is 2. The van der Waals surface area contributed by atoms with Crippen molar-refractivity contribution in [3.05, 3.63) is 58.9 Å². The lowest BCUT2D eigenvalue weighted by molar-refractivity contribution is -0.119. The molecule has 8 heteroatoms. The summed E-state index contributed by atoms with van der Waals surface area (Å²) in [4.78, 5) is 40.2. The van der Waals surface area contributed by atoms with Gasteiger partial charge < -0.3 is 15.1 Å². The largest absolute Gasteiger partial charge is 0.332 e. The van der Waals surface area contributed by atoms with Gasteiger partial charge in [-0.3, -0.25) is 14.4 Å². The van der Waals surface area contributed by atoms with Crippen molar-refractivity contribution >= 4 is 40.7 Å². The topological polar surface area (TPSA) is 69.7 Å². The van der Waals surface area contributed by atoms with Gasteiger partial charge in [0.15, 0.2) is 0 Å². The Labute approximate surface area is 166 Å². The third kappa shape index (κ3) is 3.99. The van der Waals surface area contributed by atoms with Gasteiger partial charge in [0, 0.05) is 24.5 Å². The molecule has 0 aromatic heterocycles. The van der Waals surface area contributed by atoms with Gasteiger partial charge in [-0.1, -0.05) is 23.7 Å². The summed E-state index contributed by atoms with van der Waals surface area (Å²) in [5.41, 5.74) is 0.879. The predicted octanol–water partition coefficient (Wildman–Crippen LogP) is 3.32. The molecule has 6 nitrogen and oxygen atoms in total. The molecule has 2 aromatic rings. The first kappa shape index (κ1) is 19.8. The van der Waals surface area contributed by atoms with E-state index >= 15 is 0 Å². The number of hydrogen-bond acceptors (Lipinski definition) is 3. The first-order valence-corrected chi connectivity index (χ1v) is 9.07. The Hall–Kier alpha value is -2.93. The lowest BCUT2D eigenvalue weighted by Gasteiger charge is -2.29. The normalized spacial score (nSPS) is 16.1. The molecule has 28 heavy (non-hydrogen) atoms. The van der Waals surface area contributed by atoms with Crippen molar-refractivity contribution in [2.24, 2.45) is 0 Å². The maximum Gasteiger partial charge on any atom is 0.257 e. The zero-order valence-corrected chi connectivity index (χ0v) is 16.2. The Morgan fingerprint density at radius 3 is 2.75 bits per heavy atom. The van der Waals surface area contributed by atoms with Crippen LogP contribution in [0.25, 0.3) is 0 Å². The van der Waals surface area contributed by atoms with E-state index in [0.717, 1.165) is 11.0 Å². The van der Waals surface area contributed by atoms with E-state index in [1.54, 1.807) is 31.2 Å². The summed E-state index contributed by atoms with van der Waals surface area (Å²) < 4.78 is 14.0. The molecule has 0 saturated heterocycles. The van der Waals surface area contributed by atoms with E-state index in [9.17, 15) is 18.8 Å². The Morgan fingerprint density at radius 1 is 1.29 bits per heavy atom. The van der Waals surface area contributed by atoms with Gasteiger partial charge in [0.05, 0.1) is 16.9 Å². The Balaban J connectivity index is 1.84. The molecule has 0 fully saturated rings. The fourth-order valence-corrected chi connectivity index (χ4v) is 3.36. The van der Waals surface area contributed by atoms with Gasteiger partial charge in [0.1, 0.15) is 12.4 Å². The Kier molecular flexibility index (Phi) is 5.65. The Bertz CT molecular complexity index is 950. The highest BCUT2D eigenvalue weighted by Gasteiger charge is 2.31. The molecule has 1 unspecified atom stereocenters. The van der Waals surface area contributed by atoms with Gasteiger partial charge in [0.2, 0.25) is 11.8 Å². The number of para-hydroxylation sites is 2. The maximum atomic E-state index is 14.0. The quantitative estimate of drug-likeness (QED) is 0.854. The lowest BCUT2D eigenvalue weighted by Crippen LogP contribution is -2.45. The van der Waals surface area contributed by atoms with Crippen molar-refractivity contribution in [3.63, 3.8) is 0 Å². The summed E-state index contributed by atoms with van der Waals surface area (Å²) in [7, 11) is 1.42. The summed E-state index contributed by atoms with van der Waals surface area (Å²) >= 11 is 5.85. The van der Waals surface area contributed by atoms with E-state index in [1.165, 1.54) is 24.1 Å². The molecule has 0 spiro atoms. The van der Waals surface area contributed by atoms with E-state index in [4.69, 9.17) is 11.6 Å². The number of nitrogens with one attached hydrogen (secondary N) is 1. The van der Waals surface area contributed by atoms with Crippen LogP contribution in [0.1, 0.15) is 23.7 Å². The van der Waals surface area contributed by atoms with Crippen molar-refractivity contribution in [1.82, 2.24) is 4.90 Å². The number of benzene rings is 2. The van der Waals surface area contributed by atoms with Crippen LogP contribution in [-0.2, 0) is 9.59 Å². The van der Waals surface area contributed by atoms with Crippen LogP contribution in [0, 0.1) is 5.82 Å². The van der Waals surface area contributed by atoms with Crippen LogP contribution in [0.3, 0.4) is 0 Å². The van der Waals surface area contributed by atoms with Gasteiger partial charge in [0.25, 0.3) is 5.91 Å². The van der Waals surface area contributed by atoms with E-state index in [-0.39, 0.29) is 35.4 Å². The highest BCUT2D eigenvalue weighted by molar-refractivity contribution is 6.31. The molecule has 0 radical (unpaired) electrons. The minimum atomic E-state index is -0.711. The molecule has 3 amide bonds. The zero-order chi connectivity index (χ0) is 20.4. The predicted molar refractivity (Wildman–Crippen MR) is 105 cm³/mol. The lowest BCUT2D eigenvalue weighted by atomic mass is 10.1. The molecule has 2 aromatic carbocycles. The number of carbonyl (C=O) groups is 3. The van der Waals surface area contributed by atoms with Crippen LogP contribution in [0.5, 0.6) is 0 Å². The molecular weight excluding hydrogens is 385 g/mol. The van der Waals surface area contributed by atoms with Crippen molar-refractivity contribution in [2.75, 3.05) is 23.8 Å². The minimum Gasteiger partial charge on any atom is -0.332 e. The van der Waals surface area contributed by atoms with Crippen LogP contribution in [-0.4, -0.2) is 42.3 Å². The first-order valence-electron chi connectivity index (χ1n) is 8.69. The molecular formula is C20H19ClFN3O3. The van der Waals surface area contributed by atoms with Crippen molar-refractivity contribution in [2.45, 2.75) is 19.4 Å². The van der Waals surface area contributed by atoms with Crippen molar-refractivity contribution in [1.29, 1.82) is 0 Å².